The molecule has 0 amide bonds. The van der Waals surface area contributed by atoms with Crippen molar-refractivity contribution < 1.29 is 4.74 Å². The van der Waals surface area contributed by atoms with Gasteiger partial charge in [-0.1, -0.05) is 24.3 Å². The molecule has 3 nitrogen and oxygen atoms in total. The zero-order valence-electron chi connectivity index (χ0n) is 11.5. The van der Waals surface area contributed by atoms with Crippen LogP contribution in [0.3, 0.4) is 0 Å². The first-order valence-electron chi connectivity index (χ1n) is 6.60. The van der Waals surface area contributed by atoms with Crippen molar-refractivity contribution >= 4 is 0 Å². The zero-order chi connectivity index (χ0) is 14.4. The lowest BCUT2D eigenvalue weighted by atomic mass is 9.91. The minimum Gasteiger partial charge on any atom is -0.497 e. The summed E-state index contributed by atoms with van der Waals surface area (Å²) in [5.74, 6) is 1.09. The summed E-state index contributed by atoms with van der Waals surface area (Å²) in [5, 5.41) is 8.94. The van der Waals surface area contributed by atoms with Crippen LogP contribution in [-0.2, 0) is 6.42 Å². The number of nitriles is 1. The highest BCUT2D eigenvalue weighted by atomic mass is 16.5. The van der Waals surface area contributed by atoms with Crippen LogP contribution in [0.2, 0.25) is 0 Å². The van der Waals surface area contributed by atoms with Crippen molar-refractivity contribution in [2.75, 3.05) is 13.7 Å². The van der Waals surface area contributed by atoms with Crippen molar-refractivity contribution in [3.05, 3.63) is 65.2 Å². The lowest BCUT2D eigenvalue weighted by molar-refractivity contribution is 0.414. The fraction of sp³-hybridized carbons (Fsp3) is 0.235. The molecular weight excluding hydrogens is 248 g/mol. The minimum atomic E-state index is 0.245. The average molecular weight is 266 g/mol. The van der Waals surface area contributed by atoms with Gasteiger partial charge in [-0.2, -0.15) is 5.26 Å². The molecule has 0 saturated carbocycles. The molecule has 2 rings (SSSR count). The third-order valence-electron chi connectivity index (χ3n) is 3.41. The molecule has 0 aliphatic rings. The summed E-state index contributed by atoms with van der Waals surface area (Å²) in [6.07, 6.45) is 0.832. The Bertz CT molecular complexity index is 599. The molecule has 0 aliphatic heterocycles. The molecule has 102 valence electrons. The van der Waals surface area contributed by atoms with Gasteiger partial charge in [0.2, 0.25) is 0 Å². The van der Waals surface area contributed by atoms with E-state index in [-0.39, 0.29) is 5.92 Å². The standard InChI is InChI=1S/C17H18N2O/c1-20-17-7-5-15(6-8-17)16(12-19)10-13-3-2-4-14(9-13)11-18/h2-9,16H,10,12,19H2,1H3. The fourth-order valence-corrected chi connectivity index (χ4v) is 2.27. The van der Waals surface area contributed by atoms with Crippen molar-refractivity contribution in [2.24, 2.45) is 5.73 Å². The van der Waals surface area contributed by atoms with E-state index >= 15 is 0 Å². The van der Waals surface area contributed by atoms with Crippen LogP contribution in [0.4, 0.5) is 0 Å². The van der Waals surface area contributed by atoms with E-state index in [1.165, 1.54) is 5.56 Å². The summed E-state index contributed by atoms with van der Waals surface area (Å²) in [5.41, 5.74) is 8.91. The second kappa shape index (κ2) is 6.74. The monoisotopic (exact) mass is 266 g/mol. The Morgan fingerprint density at radius 1 is 1.20 bits per heavy atom. The van der Waals surface area contributed by atoms with Crippen LogP contribution < -0.4 is 10.5 Å². The molecule has 2 aromatic rings. The first-order chi connectivity index (χ1) is 9.76. The summed E-state index contributed by atoms with van der Waals surface area (Å²) in [6, 6.07) is 17.8. The maximum Gasteiger partial charge on any atom is 0.118 e. The summed E-state index contributed by atoms with van der Waals surface area (Å²) < 4.78 is 5.16. The Morgan fingerprint density at radius 3 is 2.55 bits per heavy atom. The first-order valence-corrected chi connectivity index (χ1v) is 6.60. The van der Waals surface area contributed by atoms with Gasteiger partial charge in [0, 0.05) is 5.92 Å². The second-order valence-corrected chi connectivity index (χ2v) is 4.72. The molecule has 0 radical (unpaired) electrons. The maximum absolute atomic E-state index is 8.94. The van der Waals surface area contributed by atoms with Gasteiger partial charge in [0.05, 0.1) is 18.7 Å². The molecule has 2 aromatic carbocycles. The predicted octanol–water partition coefficient (Wildman–Crippen LogP) is 2.85. The molecule has 0 fully saturated rings. The molecule has 2 N–H and O–H groups in total. The van der Waals surface area contributed by atoms with E-state index in [2.05, 4.69) is 6.07 Å². The van der Waals surface area contributed by atoms with Crippen LogP contribution >= 0.6 is 0 Å². The zero-order valence-corrected chi connectivity index (χ0v) is 11.5. The van der Waals surface area contributed by atoms with Crippen molar-refractivity contribution in [1.29, 1.82) is 5.26 Å². The van der Waals surface area contributed by atoms with Gasteiger partial charge in [0.1, 0.15) is 5.75 Å². The molecule has 3 heteroatoms. The van der Waals surface area contributed by atoms with Gasteiger partial charge in [-0.05, 0) is 48.4 Å². The third kappa shape index (κ3) is 3.37. The summed E-state index contributed by atoms with van der Waals surface area (Å²) in [6.45, 7) is 0.573. The Balaban J connectivity index is 2.17. The SMILES string of the molecule is COc1ccc(C(CN)Cc2cccc(C#N)c2)cc1. The molecular formula is C17H18N2O. The highest BCUT2D eigenvalue weighted by Gasteiger charge is 2.11. The van der Waals surface area contributed by atoms with E-state index in [4.69, 9.17) is 15.7 Å². The van der Waals surface area contributed by atoms with Gasteiger partial charge in [-0.15, -0.1) is 0 Å². The lowest BCUT2D eigenvalue weighted by Gasteiger charge is -2.16. The number of rotatable bonds is 5. The Morgan fingerprint density at radius 2 is 1.95 bits per heavy atom. The number of ether oxygens (including phenoxy) is 1. The topological polar surface area (TPSA) is 59.0 Å². The molecule has 1 atom stereocenters. The van der Waals surface area contributed by atoms with E-state index < -0.39 is 0 Å². The molecule has 0 heterocycles. The van der Waals surface area contributed by atoms with Crippen LogP contribution in [0.15, 0.2) is 48.5 Å². The highest BCUT2D eigenvalue weighted by Crippen LogP contribution is 2.22. The highest BCUT2D eigenvalue weighted by molar-refractivity contribution is 5.35. The van der Waals surface area contributed by atoms with Crippen LogP contribution in [0, 0.1) is 11.3 Å². The van der Waals surface area contributed by atoms with Crippen LogP contribution in [0.1, 0.15) is 22.6 Å². The van der Waals surface area contributed by atoms with E-state index in [1.807, 2.05) is 48.5 Å². The quantitative estimate of drug-likeness (QED) is 0.905. The second-order valence-electron chi connectivity index (χ2n) is 4.72. The minimum absolute atomic E-state index is 0.245. The molecule has 0 spiro atoms. The van der Waals surface area contributed by atoms with Gasteiger partial charge in [0.25, 0.3) is 0 Å². The van der Waals surface area contributed by atoms with Crippen molar-refractivity contribution in [3.8, 4) is 11.8 Å². The molecule has 0 aromatic heterocycles. The Labute approximate surface area is 119 Å². The number of nitrogens with zero attached hydrogens (tertiary/aromatic N) is 1. The van der Waals surface area contributed by atoms with Crippen molar-refractivity contribution in [3.63, 3.8) is 0 Å². The van der Waals surface area contributed by atoms with Crippen LogP contribution in [0.5, 0.6) is 5.75 Å². The number of nitrogens with two attached hydrogens (primary N) is 1. The van der Waals surface area contributed by atoms with E-state index in [0.717, 1.165) is 17.7 Å². The number of hydrogen-bond donors (Lipinski definition) is 1. The van der Waals surface area contributed by atoms with Crippen molar-refractivity contribution in [1.82, 2.24) is 0 Å². The molecule has 0 aliphatic carbocycles. The van der Waals surface area contributed by atoms with Gasteiger partial charge >= 0.3 is 0 Å². The fourth-order valence-electron chi connectivity index (χ4n) is 2.27. The Kier molecular flexibility index (Phi) is 4.75. The van der Waals surface area contributed by atoms with Crippen LogP contribution in [0.25, 0.3) is 0 Å². The van der Waals surface area contributed by atoms with Crippen LogP contribution in [-0.4, -0.2) is 13.7 Å². The van der Waals surface area contributed by atoms with Gasteiger partial charge < -0.3 is 10.5 Å². The number of hydrogen-bond acceptors (Lipinski definition) is 3. The number of methoxy groups -OCH3 is 1. The molecule has 0 bridgehead atoms. The summed E-state index contributed by atoms with van der Waals surface area (Å²) in [7, 11) is 1.66. The van der Waals surface area contributed by atoms with Gasteiger partial charge in [0.15, 0.2) is 0 Å². The number of benzene rings is 2. The molecule has 20 heavy (non-hydrogen) atoms. The van der Waals surface area contributed by atoms with E-state index in [1.54, 1.807) is 7.11 Å². The van der Waals surface area contributed by atoms with E-state index in [0.29, 0.717) is 12.1 Å². The average Bonchev–Trinajstić information content (AvgIpc) is 2.53. The normalized spacial score (nSPS) is 11.7. The first kappa shape index (κ1) is 14.1. The van der Waals surface area contributed by atoms with Gasteiger partial charge in [-0.3, -0.25) is 0 Å². The van der Waals surface area contributed by atoms with Gasteiger partial charge in [-0.25, -0.2) is 0 Å². The largest absolute Gasteiger partial charge is 0.497 e. The third-order valence-corrected chi connectivity index (χ3v) is 3.41. The predicted molar refractivity (Wildman–Crippen MR) is 79.7 cm³/mol. The smallest absolute Gasteiger partial charge is 0.118 e. The lowest BCUT2D eigenvalue weighted by Crippen LogP contribution is -2.15. The molecule has 0 saturated heterocycles. The maximum atomic E-state index is 8.94. The Hall–Kier alpha value is -2.31. The molecule has 1 unspecified atom stereocenters. The van der Waals surface area contributed by atoms with E-state index in [9.17, 15) is 0 Å². The summed E-state index contributed by atoms with van der Waals surface area (Å²) >= 11 is 0. The van der Waals surface area contributed by atoms with Crippen molar-refractivity contribution in [2.45, 2.75) is 12.3 Å². The summed E-state index contributed by atoms with van der Waals surface area (Å²) in [4.78, 5) is 0.